The van der Waals surface area contributed by atoms with Gasteiger partial charge < -0.3 is 10.2 Å². The number of hydrogen-bond acceptors (Lipinski definition) is 3. The Bertz CT molecular complexity index is 663. The predicted octanol–water partition coefficient (Wildman–Crippen LogP) is 3.92. The topological polar surface area (TPSA) is 45.2 Å². The van der Waals surface area contributed by atoms with Crippen molar-refractivity contribution in [3.05, 3.63) is 53.3 Å². The molecule has 0 aliphatic heterocycles. The summed E-state index contributed by atoms with van der Waals surface area (Å²) in [5.41, 5.74) is 4.86. The van der Waals surface area contributed by atoms with Gasteiger partial charge in [0.05, 0.1) is 17.4 Å². The van der Waals surface area contributed by atoms with Gasteiger partial charge in [-0.15, -0.1) is 0 Å². The second-order valence-electron chi connectivity index (χ2n) is 5.38. The zero-order valence-corrected chi connectivity index (χ0v) is 13.7. The number of aromatic nitrogens is 1. The molecule has 0 saturated heterocycles. The molecule has 1 N–H and O–H groups in total. The number of nitrogens with one attached hydrogen (secondary N) is 1. The Hall–Kier alpha value is -2.36. The van der Waals surface area contributed by atoms with Crippen molar-refractivity contribution in [2.24, 2.45) is 0 Å². The highest BCUT2D eigenvalue weighted by Gasteiger charge is 2.13. The number of carbonyl (C=O) groups excluding carboxylic acids is 1. The van der Waals surface area contributed by atoms with Crippen LogP contribution >= 0.6 is 0 Å². The molecular weight excluding hydrogens is 274 g/mol. The van der Waals surface area contributed by atoms with Crippen molar-refractivity contribution in [3.8, 4) is 0 Å². The summed E-state index contributed by atoms with van der Waals surface area (Å²) in [6.45, 7) is 9.49. The molecule has 0 bridgehead atoms. The number of pyridine rings is 1. The number of nitrogens with zero attached hydrogens (tertiary/aromatic N) is 2. The first kappa shape index (κ1) is 16.0. The van der Waals surface area contributed by atoms with Crippen LogP contribution in [0.1, 0.15) is 35.3 Å². The van der Waals surface area contributed by atoms with Crippen LogP contribution in [-0.2, 0) is 0 Å². The highest BCUT2D eigenvalue weighted by Crippen LogP contribution is 2.21. The molecular formula is C18H23N3O. The van der Waals surface area contributed by atoms with E-state index in [0.717, 1.165) is 11.4 Å². The minimum Gasteiger partial charge on any atom is -0.354 e. The van der Waals surface area contributed by atoms with Crippen LogP contribution in [0.4, 0.5) is 11.4 Å². The average molecular weight is 297 g/mol. The van der Waals surface area contributed by atoms with E-state index < -0.39 is 0 Å². The monoisotopic (exact) mass is 297 g/mol. The van der Waals surface area contributed by atoms with E-state index in [1.807, 2.05) is 26.0 Å². The lowest BCUT2D eigenvalue weighted by atomic mass is 10.1. The summed E-state index contributed by atoms with van der Waals surface area (Å²) in [6.07, 6.45) is 3.35. The zero-order valence-electron chi connectivity index (χ0n) is 13.7. The standard InChI is InChI=1S/C18H23N3O/c1-5-21(6-2)18(22)15-10-16(12-19-11-15)20-17-8-7-13(3)9-14(17)4/h7-12,20H,5-6H2,1-4H3. The maximum absolute atomic E-state index is 12.4. The highest BCUT2D eigenvalue weighted by molar-refractivity contribution is 5.94. The Morgan fingerprint density at radius 2 is 1.86 bits per heavy atom. The average Bonchev–Trinajstić information content (AvgIpc) is 2.51. The number of amides is 1. The third-order valence-corrected chi connectivity index (χ3v) is 3.70. The van der Waals surface area contributed by atoms with Crippen molar-refractivity contribution in [2.75, 3.05) is 18.4 Å². The molecule has 4 heteroatoms. The molecule has 0 radical (unpaired) electrons. The van der Waals surface area contributed by atoms with Gasteiger partial charge in [0.2, 0.25) is 0 Å². The summed E-state index contributed by atoms with van der Waals surface area (Å²) in [6, 6.07) is 8.09. The largest absolute Gasteiger partial charge is 0.354 e. The van der Waals surface area contributed by atoms with E-state index in [-0.39, 0.29) is 5.91 Å². The van der Waals surface area contributed by atoms with Crippen LogP contribution in [0.15, 0.2) is 36.7 Å². The molecule has 0 atom stereocenters. The number of hydrogen-bond donors (Lipinski definition) is 1. The van der Waals surface area contributed by atoms with Crippen molar-refractivity contribution >= 4 is 17.3 Å². The van der Waals surface area contributed by atoms with Crippen LogP contribution in [0.3, 0.4) is 0 Å². The summed E-state index contributed by atoms with van der Waals surface area (Å²) < 4.78 is 0. The summed E-state index contributed by atoms with van der Waals surface area (Å²) in [5, 5.41) is 3.34. The fraction of sp³-hybridized carbons (Fsp3) is 0.333. The first-order valence-electron chi connectivity index (χ1n) is 7.63. The van der Waals surface area contributed by atoms with Gasteiger partial charge in [0.1, 0.15) is 0 Å². The van der Waals surface area contributed by atoms with E-state index in [1.165, 1.54) is 11.1 Å². The van der Waals surface area contributed by atoms with E-state index in [2.05, 4.69) is 36.3 Å². The summed E-state index contributed by atoms with van der Waals surface area (Å²) in [4.78, 5) is 18.4. The molecule has 0 saturated carbocycles. The lowest BCUT2D eigenvalue weighted by molar-refractivity contribution is 0.0772. The van der Waals surface area contributed by atoms with Crippen LogP contribution in [0.2, 0.25) is 0 Å². The van der Waals surface area contributed by atoms with E-state index >= 15 is 0 Å². The SMILES string of the molecule is CCN(CC)C(=O)c1cncc(Nc2ccc(C)cc2C)c1. The lowest BCUT2D eigenvalue weighted by Gasteiger charge is -2.19. The third-order valence-electron chi connectivity index (χ3n) is 3.70. The van der Waals surface area contributed by atoms with E-state index in [0.29, 0.717) is 18.7 Å². The minimum atomic E-state index is 0.0155. The van der Waals surface area contributed by atoms with Gasteiger partial charge in [-0.3, -0.25) is 9.78 Å². The molecule has 2 rings (SSSR count). The Kier molecular flexibility index (Phi) is 5.15. The van der Waals surface area contributed by atoms with Crippen LogP contribution in [-0.4, -0.2) is 28.9 Å². The van der Waals surface area contributed by atoms with Crippen LogP contribution in [0.25, 0.3) is 0 Å². The molecule has 1 aromatic heterocycles. The Morgan fingerprint density at radius 3 is 2.50 bits per heavy atom. The molecule has 2 aromatic rings. The Balaban J connectivity index is 2.23. The summed E-state index contributed by atoms with van der Waals surface area (Å²) in [7, 11) is 0. The van der Waals surface area contributed by atoms with Crippen LogP contribution in [0.5, 0.6) is 0 Å². The predicted molar refractivity (Wildman–Crippen MR) is 90.7 cm³/mol. The number of carbonyl (C=O) groups is 1. The van der Waals surface area contributed by atoms with E-state index in [9.17, 15) is 4.79 Å². The molecule has 0 fully saturated rings. The Morgan fingerprint density at radius 1 is 1.14 bits per heavy atom. The molecule has 0 unspecified atom stereocenters. The smallest absolute Gasteiger partial charge is 0.255 e. The maximum Gasteiger partial charge on any atom is 0.255 e. The second-order valence-corrected chi connectivity index (χ2v) is 5.38. The van der Waals surface area contributed by atoms with Crippen LogP contribution < -0.4 is 5.32 Å². The van der Waals surface area contributed by atoms with Gasteiger partial charge in [-0.2, -0.15) is 0 Å². The highest BCUT2D eigenvalue weighted by atomic mass is 16.2. The molecule has 22 heavy (non-hydrogen) atoms. The molecule has 1 heterocycles. The Labute approximate surface area is 132 Å². The van der Waals surface area contributed by atoms with Gasteiger partial charge in [0.25, 0.3) is 5.91 Å². The van der Waals surface area contributed by atoms with Gasteiger partial charge in [0.15, 0.2) is 0 Å². The van der Waals surface area contributed by atoms with Crippen LogP contribution in [0, 0.1) is 13.8 Å². The fourth-order valence-electron chi connectivity index (χ4n) is 2.43. The summed E-state index contributed by atoms with van der Waals surface area (Å²) in [5.74, 6) is 0.0155. The van der Waals surface area contributed by atoms with E-state index in [1.54, 1.807) is 17.3 Å². The van der Waals surface area contributed by atoms with Gasteiger partial charge in [0, 0.05) is 25.0 Å². The van der Waals surface area contributed by atoms with Gasteiger partial charge in [-0.1, -0.05) is 17.7 Å². The quantitative estimate of drug-likeness (QED) is 0.909. The second kappa shape index (κ2) is 7.07. The van der Waals surface area contributed by atoms with Crippen molar-refractivity contribution in [2.45, 2.75) is 27.7 Å². The molecule has 0 aliphatic carbocycles. The van der Waals surface area contributed by atoms with Gasteiger partial charge >= 0.3 is 0 Å². The van der Waals surface area contributed by atoms with Crippen molar-refractivity contribution in [1.29, 1.82) is 0 Å². The normalized spacial score (nSPS) is 10.4. The fourth-order valence-corrected chi connectivity index (χ4v) is 2.43. The first-order chi connectivity index (χ1) is 10.5. The van der Waals surface area contributed by atoms with Gasteiger partial charge in [-0.05, 0) is 45.4 Å². The van der Waals surface area contributed by atoms with Crippen molar-refractivity contribution in [3.63, 3.8) is 0 Å². The molecule has 116 valence electrons. The molecule has 0 aliphatic rings. The molecule has 4 nitrogen and oxygen atoms in total. The number of benzene rings is 1. The van der Waals surface area contributed by atoms with Gasteiger partial charge in [-0.25, -0.2) is 0 Å². The van der Waals surface area contributed by atoms with Crippen molar-refractivity contribution in [1.82, 2.24) is 9.88 Å². The molecule has 1 amide bonds. The molecule has 0 spiro atoms. The number of rotatable bonds is 5. The zero-order chi connectivity index (χ0) is 16.1. The number of anilines is 2. The minimum absolute atomic E-state index is 0.0155. The maximum atomic E-state index is 12.4. The van der Waals surface area contributed by atoms with E-state index in [4.69, 9.17) is 0 Å². The first-order valence-corrected chi connectivity index (χ1v) is 7.63. The lowest BCUT2D eigenvalue weighted by Crippen LogP contribution is -2.30. The third kappa shape index (κ3) is 3.64. The summed E-state index contributed by atoms with van der Waals surface area (Å²) >= 11 is 0. The number of aryl methyl sites for hydroxylation is 2. The van der Waals surface area contributed by atoms with Crippen molar-refractivity contribution < 1.29 is 4.79 Å². The molecule has 1 aromatic carbocycles.